The number of benzene rings is 1. The second-order valence-electron chi connectivity index (χ2n) is 9.18. The van der Waals surface area contributed by atoms with Gasteiger partial charge in [0.1, 0.15) is 0 Å². The standard InChI is InChI=1S/C22H29N3O3S/c1-14(26)23-18-2-4-19(5-3-18)29-13-21(28)25-24-20(27)12-22-9-15-6-16(10-22)8-17(7-15)11-22/h2-5,15-17H,6-13H2,1H3,(H,23,26)(H,24,27)(H,25,28). The van der Waals surface area contributed by atoms with E-state index in [9.17, 15) is 14.4 Å². The minimum absolute atomic E-state index is 0.0649. The largest absolute Gasteiger partial charge is 0.326 e. The molecule has 156 valence electrons. The van der Waals surface area contributed by atoms with Crippen LogP contribution in [-0.2, 0) is 14.4 Å². The lowest BCUT2D eigenvalue weighted by Gasteiger charge is -2.56. The van der Waals surface area contributed by atoms with Crippen LogP contribution < -0.4 is 16.2 Å². The molecule has 3 N–H and O–H groups in total. The number of carbonyl (C=O) groups is 3. The van der Waals surface area contributed by atoms with E-state index in [1.165, 1.54) is 57.2 Å². The predicted octanol–water partition coefficient (Wildman–Crippen LogP) is 3.49. The number of amides is 3. The van der Waals surface area contributed by atoms with Gasteiger partial charge in [0, 0.05) is 23.9 Å². The van der Waals surface area contributed by atoms with E-state index in [2.05, 4.69) is 16.2 Å². The van der Waals surface area contributed by atoms with E-state index in [0.717, 1.165) is 28.3 Å². The Hall–Kier alpha value is -2.02. The molecule has 1 aromatic rings. The van der Waals surface area contributed by atoms with Gasteiger partial charge in [0.05, 0.1) is 5.75 Å². The molecule has 4 fully saturated rings. The average Bonchev–Trinajstić information content (AvgIpc) is 2.64. The van der Waals surface area contributed by atoms with Gasteiger partial charge < -0.3 is 5.32 Å². The minimum atomic E-state index is -0.222. The monoisotopic (exact) mass is 415 g/mol. The van der Waals surface area contributed by atoms with Gasteiger partial charge in [0.2, 0.25) is 17.7 Å². The van der Waals surface area contributed by atoms with Crippen molar-refractivity contribution in [2.75, 3.05) is 11.1 Å². The maximum absolute atomic E-state index is 12.5. The second-order valence-corrected chi connectivity index (χ2v) is 10.2. The van der Waals surface area contributed by atoms with Crippen LogP contribution in [0, 0.1) is 23.2 Å². The molecule has 0 unspecified atom stereocenters. The Labute approximate surface area is 175 Å². The third-order valence-corrected chi connectivity index (χ3v) is 7.60. The first-order valence-electron chi connectivity index (χ1n) is 10.5. The van der Waals surface area contributed by atoms with E-state index < -0.39 is 0 Å². The van der Waals surface area contributed by atoms with Crippen molar-refractivity contribution in [1.29, 1.82) is 0 Å². The summed E-state index contributed by atoms with van der Waals surface area (Å²) in [7, 11) is 0. The molecule has 1 aromatic carbocycles. The van der Waals surface area contributed by atoms with Crippen LogP contribution in [-0.4, -0.2) is 23.5 Å². The molecule has 3 amide bonds. The Morgan fingerprint density at radius 1 is 0.931 bits per heavy atom. The molecule has 29 heavy (non-hydrogen) atoms. The van der Waals surface area contributed by atoms with Crippen molar-refractivity contribution in [3.8, 4) is 0 Å². The predicted molar refractivity (Wildman–Crippen MR) is 113 cm³/mol. The van der Waals surface area contributed by atoms with Crippen molar-refractivity contribution < 1.29 is 14.4 Å². The van der Waals surface area contributed by atoms with Crippen molar-refractivity contribution in [3.05, 3.63) is 24.3 Å². The minimum Gasteiger partial charge on any atom is -0.326 e. The van der Waals surface area contributed by atoms with Gasteiger partial charge in [0.25, 0.3) is 0 Å². The summed E-state index contributed by atoms with van der Waals surface area (Å²) in [6, 6.07) is 7.31. The fraction of sp³-hybridized carbons (Fsp3) is 0.591. The Bertz CT molecular complexity index is 758. The zero-order valence-electron chi connectivity index (χ0n) is 16.8. The Kier molecular flexibility index (Phi) is 5.86. The van der Waals surface area contributed by atoms with Crippen LogP contribution in [0.3, 0.4) is 0 Å². The molecular weight excluding hydrogens is 386 g/mol. The number of anilines is 1. The van der Waals surface area contributed by atoms with Gasteiger partial charge >= 0.3 is 0 Å². The number of carbonyl (C=O) groups excluding carboxylic acids is 3. The van der Waals surface area contributed by atoms with Crippen LogP contribution in [0.5, 0.6) is 0 Å². The van der Waals surface area contributed by atoms with E-state index >= 15 is 0 Å². The molecule has 0 spiro atoms. The van der Waals surface area contributed by atoms with Gasteiger partial charge in [-0.25, -0.2) is 0 Å². The Morgan fingerprint density at radius 2 is 1.48 bits per heavy atom. The molecule has 4 saturated carbocycles. The number of hydrogen-bond acceptors (Lipinski definition) is 4. The first-order valence-corrected chi connectivity index (χ1v) is 11.5. The number of nitrogens with one attached hydrogen (secondary N) is 3. The van der Waals surface area contributed by atoms with E-state index in [-0.39, 0.29) is 28.9 Å². The molecule has 7 heteroatoms. The molecule has 0 aliphatic heterocycles. The Morgan fingerprint density at radius 3 is 2.03 bits per heavy atom. The summed E-state index contributed by atoms with van der Waals surface area (Å²) in [6.45, 7) is 1.46. The van der Waals surface area contributed by atoms with E-state index in [4.69, 9.17) is 0 Å². The molecule has 0 heterocycles. The summed E-state index contributed by atoms with van der Waals surface area (Å²) >= 11 is 1.39. The summed E-state index contributed by atoms with van der Waals surface area (Å²) in [4.78, 5) is 36.5. The van der Waals surface area contributed by atoms with Crippen LogP contribution in [0.15, 0.2) is 29.2 Å². The molecular formula is C22H29N3O3S. The highest BCUT2D eigenvalue weighted by molar-refractivity contribution is 8.00. The lowest BCUT2D eigenvalue weighted by atomic mass is 9.49. The SMILES string of the molecule is CC(=O)Nc1ccc(SCC(=O)NNC(=O)CC23CC4CC(CC(C4)C2)C3)cc1. The Balaban J connectivity index is 1.19. The van der Waals surface area contributed by atoms with Gasteiger partial charge in [-0.1, -0.05) is 0 Å². The maximum atomic E-state index is 12.5. The van der Waals surface area contributed by atoms with Gasteiger partial charge in [-0.3, -0.25) is 25.2 Å². The molecule has 0 saturated heterocycles. The summed E-state index contributed by atoms with van der Waals surface area (Å²) in [5.74, 6) is 2.27. The summed E-state index contributed by atoms with van der Waals surface area (Å²) in [5, 5.41) is 2.71. The third kappa shape index (κ3) is 5.13. The summed E-state index contributed by atoms with van der Waals surface area (Å²) in [6.07, 6.45) is 8.18. The molecule has 6 nitrogen and oxygen atoms in total. The normalized spacial score (nSPS) is 29.3. The number of hydrogen-bond donors (Lipinski definition) is 3. The van der Waals surface area contributed by atoms with Crippen LogP contribution >= 0.6 is 11.8 Å². The molecule has 0 radical (unpaired) electrons. The average molecular weight is 416 g/mol. The summed E-state index contributed by atoms with van der Waals surface area (Å²) in [5.41, 5.74) is 6.08. The van der Waals surface area contributed by atoms with Crippen molar-refractivity contribution in [2.24, 2.45) is 23.2 Å². The topological polar surface area (TPSA) is 87.3 Å². The van der Waals surface area contributed by atoms with E-state index in [1.807, 2.05) is 12.1 Å². The highest BCUT2D eigenvalue weighted by Gasteiger charge is 2.51. The third-order valence-electron chi connectivity index (χ3n) is 6.59. The smallest absolute Gasteiger partial charge is 0.248 e. The molecule has 0 aromatic heterocycles. The molecule has 0 atom stereocenters. The first-order chi connectivity index (χ1) is 13.9. The van der Waals surface area contributed by atoms with Crippen LogP contribution in [0.25, 0.3) is 0 Å². The zero-order chi connectivity index (χ0) is 20.4. The maximum Gasteiger partial charge on any atom is 0.248 e. The van der Waals surface area contributed by atoms with Crippen molar-refractivity contribution in [2.45, 2.75) is 56.8 Å². The van der Waals surface area contributed by atoms with Gasteiger partial charge in [0.15, 0.2) is 0 Å². The highest BCUT2D eigenvalue weighted by atomic mass is 32.2. The first kappa shape index (κ1) is 20.3. The number of hydrazine groups is 1. The quantitative estimate of drug-likeness (QED) is 0.490. The van der Waals surface area contributed by atoms with Gasteiger partial charge in [-0.05, 0) is 86.0 Å². The number of rotatable bonds is 6. The molecule has 4 bridgehead atoms. The van der Waals surface area contributed by atoms with Gasteiger partial charge in [-0.2, -0.15) is 0 Å². The zero-order valence-corrected chi connectivity index (χ0v) is 17.6. The highest BCUT2D eigenvalue weighted by Crippen LogP contribution is 2.61. The van der Waals surface area contributed by atoms with Crippen molar-refractivity contribution >= 4 is 35.2 Å². The van der Waals surface area contributed by atoms with Crippen LogP contribution in [0.4, 0.5) is 5.69 Å². The molecule has 4 aliphatic rings. The lowest BCUT2D eigenvalue weighted by molar-refractivity contribution is -0.133. The van der Waals surface area contributed by atoms with E-state index in [1.54, 1.807) is 12.1 Å². The summed E-state index contributed by atoms with van der Waals surface area (Å²) < 4.78 is 0. The van der Waals surface area contributed by atoms with Crippen LogP contribution in [0.2, 0.25) is 0 Å². The van der Waals surface area contributed by atoms with E-state index in [0.29, 0.717) is 6.42 Å². The fourth-order valence-corrected chi connectivity index (χ4v) is 6.75. The van der Waals surface area contributed by atoms with Crippen LogP contribution in [0.1, 0.15) is 51.9 Å². The van der Waals surface area contributed by atoms with Gasteiger partial charge in [-0.15, -0.1) is 11.8 Å². The second kappa shape index (κ2) is 8.38. The molecule has 5 rings (SSSR count). The number of thioether (sulfide) groups is 1. The van der Waals surface area contributed by atoms with Crippen molar-refractivity contribution in [1.82, 2.24) is 10.9 Å². The fourth-order valence-electron chi connectivity index (χ4n) is 6.05. The van der Waals surface area contributed by atoms with Crippen molar-refractivity contribution in [3.63, 3.8) is 0 Å². The lowest BCUT2D eigenvalue weighted by Crippen LogP contribution is -2.50. The molecule has 4 aliphatic carbocycles.